The van der Waals surface area contributed by atoms with Crippen molar-refractivity contribution in [3.63, 3.8) is 0 Å². The maximum Gasteiger partial charge on any atom is 0.435 e. The average Bonchev–Trinajstić information content (AvgIpc) is 2.69. The van der Waals surface area contributed by atoms with Crippen molar-refractivity contribution in [1.29, 1.82) is 0 Å². The van der Waals surface area contributed by atoms with Crippen LogP contribution in [0.2, 0.25) is 5.02 Å². The van der Waals surface area contributed by atoms with Gasteiger partial charge in [-0.25, -0.2) is 9.97 Å². The Morgan fingerprint density at radius 3 is 2.10 bits per heavy atom. The highest BCUT2D eigenvalue weighted by Crippen LogP contribution is 2.34. The van der Waals surface area contributed by atoms with Crippen molar-refractivity contribution in [2.75, 3.05) is 0 Å². The predicted octanol–water partition coefficient (Wildman–Crippen LogP) is 4.27. The normalized spacial score (nSPS) is 12.8. The number of imidazole rings is 1. The Morgan fingerprint density at radius 2 is 1.67 bits per heavy atom. The molecule has 0 radical (unpaired) electrons. The van der Waals surface area contributed by atoms with E-state index in [0.717, 1.165) is 17.8 Å². The first kappa shape index (κ1) is 15.6. The number of hydrogen-bond donors (Lipinski definition) is 0. The summed E-state index contributed by atoms with van der Waals surface area (Å²) in [5, 5.41) is -0.431. The van der Waals surface area contributed by atoms with E-state index in [1.807, 2.05) is 0 Å². The first-order valence-electron chi connectivity index (χ1n) is 5.36. The lowest BCUT2D eigenvalue weighted by molar-refractivity contribution is -0.141. The fraction of sp³-hybridized carbons (Fsp3) is 0.273. The molecular formula is C11H6ClF6N3. The van der Waals surface area contributed by atoms with E-state index >= 15 is 0 Å². The van der Waals surface area contributed by atoms with E-state index < -0.39 is 28.6 Å². The molecule has 0 spiro atoms. The summed E-state index contributed by atoms with van der Waals surface area (Å²) in [6.45, 7) is 1.12. The molecule has 2 rings (SSSR count). The van der Waals surface area contributed by atoms with Gasteiger partial charge in [-0.15, -0.1) is 0 Å². The van der Waals surface area contributed by atoms with Crippen molar-refractivity contribution in [2.45, 2.75) is 19.3 Å². The Bertz CT molecular complexity index is 674. The average molecular weight is 330 g/mol. The first-order chi connectivity index (χ1) is 9.51. The Hall–Kier alpha value is -1.77. The molecule has 2 aromatic heterocycles. The molecule has 114 valence electrons. The van der Waals surface area contributed by atoms with E-state index in [1.54, 1.807) is 0 Å². The van der Waals surface area contributed by atoms with Gasteiger partial charge in [0.15, 0.2) is 11.5 Å². The second kappa shape index (κ2) is 4.90. The molecule has 2 heterocycles. The lowest BCUT2D eigenvalue weighted by Gasteiger charge is -2.11. The highest BCUT2D eigenvalue weighted by molar-refractivity contribution is 6.32. The molecule has 0 unspecified atom stereocenters. The van der Waals surface area contributed by atoms with Crippen molar-refractivity contribution in [3.05, 3.63) is 40.6 Å². The zero-order valence-electron chi connectivity index (χ0n) is 10.2. The summed E-state index contributed by atoms with van der Waals surface area (Å²) in [6, 6.07) is 0.594. The van der Waals surface area contributed by atoms with Crippen LogP contribution in [0, 0.1) is 6.92 Å². The molecule has 0 saturated heterocycles. The molecule has 3 nitrogen and oxygen atoms in total. The monoisotopic (exact) mass is 329 g/mol. The van der Waals surface area contributed by atoms with Crippen molar-refractivity contribution < 1.29 is 26.3 Å². The van der Waals surface area contributed by atoms with Crippen LogP contribution in [-0.4, -0.2) is 14.5 Å². The lowest BCUT2D eigenvalue weighted by atomic mass is 10.2. The second-order valence-corrected chi connectivity index (χ2v) is 4.48. The molecule has 0 aromatic carbocycles. The minimum absolute atomic E-state index is 0.259. The first-order valence-corrected chi connectivity index (χ1v) is 5.74. The molecule has 0 N–H and O–H groups in total. The van der Waals surface area contributed by atoms with Gasteiger partial charge in [0.1, 0.15) is 6.33 Å². The van der Waals surface area contributed by atoms with Crippen molar-refractivity contribution in [2.24, 2.45) is 0 Å². The summed E-state index contributed by atoms with van der Waals surface area (Å²) < 4.78 is 76.2. The van der Waals surface area contributed by atoms with Gasteiger partial charge in [0.25, 0.3) is 0 Å². The molecule has 0 bridgehead atoms. The third-order valence-corrected chi connectivity index (χ3v) is 2.93. The maximum absolute atomic E-state index is 12.6. The van der Waals surface area contributed by atoms with Gasteiger partial charge >= 0.3 is 12.4 Å². The van der Waals surface area contributed by atoms with Crippen LogP contribution in [0.3, 0.4) is 0 Å². The highest BCUT2D eigenvalue weighted by atomic mass is 35.5. The van der Waals surface area contributed by atoms with Gasteiger partial charge in [0, 0.05) is 6.20 Å². The predicted molar refractivity (Wildman–Crippen MR) is 61.1 cm³/mol. The molecule has 0 fully saturated rings. The molecule has 0 aliphatic carbocycles. The van der Waals surface area contributed by atoms with Crippen LogP contribution >= 0.6 is 11.6 Å². The molecule has 2 aromatic rings. The summed E-state index contributed by atoms with van der Waals surface area (Å²) in [5.41, 5.74) is -2.57. The summed E-state index contributed by atoms with van der Waals surface area (Å²) >= 11 is 5.67. The van der Waals surface area contributed by atoms with E-state index in [-0.39, 0.29) is 11.5 Å². The van der Waals surface area contributed by atoms with Crippen LogP contribution in [0.1, 0.15) is 17.0 Å². The minimum atomic E-state index is -4.67. The van der Waals surface area contributed by atoms with Gasteiger partial charge in [-0.3, -0.25) is 4.57 Å². The summed E-state index contributed by atoms with van der Waals surface area (Å²) in [4.78, 5) is 6.67. The molecule has 10 heteroatoms. The summed E-state index contributed by atoms with van der Waals surface area (Å²) in [6.07, 6.45) is -8.02. The van der Waals surface area contributed by atoms with Crippen molar-refractivity contribution in [1.82, 2.24) is 14.5 Å². The third-order valence-electron chi connectivity index (χ3n) is 2.65. The molecular weight excluding hydrogens is 324 g/mol. The van der Waals surface area contributed by atoms with Crippen LogP contribution in [0.25, 0.3) is 5.82 Å². The standard InChI is InChI=1S/C11H6ClF6N3/c1-5-8(11(16,17)18)20-4-21(5)9-7(12)2-6(3-19-9)10(13,14)15/h2-4H,1H3. The number of rotatable bonds is 1. The Morgan fingerprint density at radius 1 is 1.05 bits per heavy atom. The van der Waals surface area contributed by atoms with E-state index in [2.05, 4.69) is 9.97 Å². The van der Waals surface area contributed by atoms with Gasteiger partial charge < -0.3 is 0 Å². The summed E-state index contributed by atoms with van der Waals surface area (Å²) in [7, 11) is 0. The molecule has 0 aliphatic rings. The van der Waals surface area contributed by atoms with E-state index in [1.165, 1.54) is 0 Å². The second-order valence-electron chi connectivity index (χ2n) is 4.07. The quantitative estimate of drug-likeness (QED) is 0.732. The SMILES string of the molecule is Cc1c(C(F)(F)F)ncn1-c1ncc(C(F)(F)F)cc1Cl. The summed E-state index contributed by atoms with van der Waals surface area (Å²) in [5.74, 6) is -0.259. The van der Waals surface area contributed by atoms with E-state index in [9.17, 15) is 26.3 Å². The molecule has 0 aliphatic heterocycles. The van der Waals surface area contributed by atoms with E-state index in [0.29, 0.717) is 12.3 Å². The third kappa shape index (κ3) is 2.97. The molecule has 0 saturated carbocycles. The zero-order valence-corrected chi connectivity index (χ0v) is 11.0. The maximum atomic E-state index is 12.6. The number of alkyl halides is 6. The van der Waals surface area contributed by atoms with Crippen LogP contribution in [0.4, 0.5) is 26.3 Å². The van der Waals surface area contributed by atoms with Gasteiger partial charge in [0.2, 0.25) is 0 Å². The van der Waals surface area contributed by atoms with Crippen LogP contribution in [0.15, 0.2) is 18.6 Å². The molecule has 21 heavy (non-hydrogen) atoms. The Labute approximate surface area is 119 Å². The number of hydrogen-bond acceptors (Lipinski definition) is 2. The van der Waals surface area contributed by atoms with Crippen molar-refractivity contribution >= 4 is 11.6 Å². The Kier molecular flexibility index (Phi) is 3.64. The Balaban J connectivity index is 2.52. The number of nitrogens with zero attached hydrogens (tertiary/aromatic N) is 3. The molecule has 0 amide bonds. The highest BCUT2D eigenvalue weighted by Gasteiger charge is 2.37. The largest absolute Gasteiger partial charge is 0.435 e. The smallest absolute Gasteiger partial charge is 0.286 e. The zero-order chi connectivity index (χ0) is 16.0. The fourth-order valence-corrected chi connectivity index (χ4v) is 1.92. The minimum Gasteiger partial charge on any atom is -0.286 e. The number of halogens is 7. The van der Waals surface area contributed by atoms with E-state index in [4.69, 9.17) is 11.6 Å². The molecule has 0 atom stereocenters. The number of pyridine rings is 1. The lowest BCUT2D eigenvalue weighted by Crippen LogP contribution is -2.10. The number of aromatic nitrogens is 3. The van der Waals surface area contributed by atoms with Gasteiger partial charge in [-0.1, -0.05) is 11.6 Å². The van der Waals surface area contributed by atoms with Crippen LogP contribution in [0.5, 0.6) is 0 Å². The van der Waals surface area contributed by atoms with Gasteiger partial charge in [-0.05, 0) is 13.0 Å². The van der Waals surface area contributed by atoms with Gasteiger partial charge in [-0.2, -0.15) is 26.3 Å². The van der Waals surface area contributed by atoms with Gasteiger partial charge in [0.05, 0.1) is 16.3 Å². The fourth-order valence-electron chi connectivity index (χ4n) is 1.66. The van der Waals surface area contributed by atoms with Crippen LogP contribution < -0.4 is 0 Å². The van der Waals surface area contributed by atoms with Crippen molar-refractivity contribution in [3.8, 4) is 5.82 Å². The van der Waals surface area contributed by atoms with Crippen LogP contribution in [-0.2, 0) is 12.4 Å². The topological polar surface area (TPSA) is 30.7 Å².